The van der Waals surface area contributed by atoms with Gasteiger partial charge in [-0.15, -0.1) is 0 Å². The van der Waals surface area contributed by atoms with Crippen LogP contribution in [0.25, 0.3) is 10.8 Å². The van der Waals surface area contributed by atoms with Crippen molar-refractivity contribution in [2.24, 2.45) is 0 Å². The third-order valence-corrected chi connectivity index (χ3v) is 4.21. The minimum absolute atomic E-state index is 0.314. The molecule has 1 aliphatic rings. The van der Waals surface area contributed by atoms with Crippen molar-refractivity contribution in [2.75, 3.05) is 13.9 Å². The molecule has 1 aliphatic heterocycles. The SMILES string of the molecule is COc1ccc2cc(CNCc3ccc4c(c3)OCO4)ccc2c1. The molecule has 0 amide bonds. The predicted octanol–water partition coefficient (Wildman–Crippen LogP) is 3.87. The van der Waals surface area contributed by atoms with E-state index in [1.54, 1.807) is 7.11 Å². The van der Waals surface area contributed by atoms with E-state index in [-0.39, 0.29) is 0 Å². The molecule has 3 aromatic carbocycles. The molecule has 4 nitrogen and oxygen atoms in total. The van der Waals surface area contributed by atoms with Gasteiger partial charge in [0.15, 0.2) is 11.5 Å². The number of ether oxygens (including phenoxy) is 3. The summed E-state index contributed by atoms with van der Waals surface area (Å²) in [4.78, 5) is 0. The van der Waals surface area contributed by atoms with E-state index in [4.69, 9.17) is 14.2 Å². The van der Waals surface area contributed by atoms with Gasteiger partial charge < -0.3 is 19.5 Å². The van der Waals surface area contributed by atoms with Crippen LogP contribution >= 0.6 is 0 Å². The van der Waals surface area contributed by atoms with Crippen molar-refractivity contribution in [1.82, 2.24) is 5.32 Å². The molecule has 0 spiro atoms. The number of hydrogen-bond acceptors (Lipinski definition) is 4. The van der Waals surface area contributed by atoms with Crippen LogP contribution in [-0.4, -0.2) is 13.9 Å². The topological polar surface area (TPSA) is 39.7 Å². The number of methoxy groups -OCH3 is 1. The fraction of sp³-hybridized carbons (Fsp3) is 0.200. The predicted molar refractivity (Wildman–Crippen MR) is 93.6 cm³/mol. The molecule has 4 heteroatoms. The van der Waals surface area contributed by atoms with Gasteiger partial charge in [0.2, 0.25) is 6.79 Å². The summed E-state index contributed by atoms with van der Waals surface area (Å²) in [6, 6.07) is 18.7. The highest BCUT2D eigenvalue weighted by atomic mass is 16.7. The Morgan fingerprint density at radius 2 is 1.54 bits per heavy atom. The summed E-state index contributed by atoms with van der Waals surface area (Å²) < 4.78 is 16.0. The molecule has 0 bridgehead atoms. The number of rotatable bonds is 5. The van der Waals surface area contributed by atoms with Crippen LogP contribution in [0.3, 0.4) is 0 Å². The number of nitrogens with one attached hydrogen (secondary N) is 1. The maximum Gasteiger partial charge on any atom is 0.231 e. The van der Waals surface area contributed by atoms with Crippen LogP contribution in [0.2, 0.25) is 0 Å². The summed E-state index contributed by atoms with van der Waals surface area (Å²) in [6.07, 6.45) is 0. The second-order valence-electron chi connectivity index (χ2n) is 5.84. The molecular weight excluding hydrogens is 302 g/mol. The Hall–Kier alpha value is -2.72. The lowest BCUT2D eigenvalue weighted by molar-refractivity contribution is 0.174. The van der Waals surface area contributed by atoms with Crippen LogP contribution in [0.5, 0.6) is 17.2 Å². The van der Waals surface area contributed by atoms with Crippen LogP contribution in [0.15, 0.2) is 54.6 Å². The van der Waals surface area contributed by atoms with Gasteiger partial charge in [-0.3, -0.25) is 0 Å². The quantitative estimate of drug-likeness (QED) is 0.774. The van der Waals surface area contributed by atoms with Crippen molar-refractivity contribution in [3.8, 4) is 17.2 Å². The average molecular weight is 321 g/mol. The molecule has 3 aromatic rings. The molecule has 1 heterocycles. The molecular formula is C20H19NO3. The molecule has 24 heavy (non-hydrogen) atoms. The van der Waals surface area contributed by atoms with Crippen LogP contribution < -0.4 is 19.5 Å². The van der Waals surface area contributed by atoms with E-state index in [2.05, 4.69) is 41.7 Å². The van der Waals surface area contributed by atoms with E-state index < -0.39 is 0 Å². The first-order chi connectivity index (χ1) is 11.8. The Labute approximate surface area is 141 Å². The number of benzene rings is 3. The Bertz CT molecular complexity index is 876. The summed E-state index contributed by atoms with van der Waals surface area (Å²) >= 11 is 0. The van der Waals surface area contributed by atoms with Crippen LogP contribution in [0.4, 0.5) is 0 Å². The average Bonchev–Trinajstić information content (AvgIpc) is 3.09. The van der Waals surface area contributed by atoms with Gasteiger partial charge in [-0.05, 0) is 52.2 Å². The van der Waals surface area contributed by atoms with E-state index in [1.165, 1.54) is 21.9 Å². The monoisotopic (exact) mass is 321 g/mol. The second kappa shape index (κ2) is 6.42. The minimum atomic E-state index is 0.314. The molecule has 122 valence electrons. The fourth-order valence-electron chi connectivity index (χ4n) is 2.91. The Morgan fingerprint density at radius 1 is 0.833 bits per heavy atom. The van der Waals surface area contributed by atoms with E-state index in [9.17, 15) is 0 Å². The molecule has 0 aromatic heterocycles. The smallest absolute Gasteiger partial charge is 0.231 e. The number of fused-ring (bicyclic) bond motifs is 2. The zero-order chi connectivity index (χ0) is 16.4. The maximum atomic E-state index is 5.41. The molecule has 0 fully saturated rings. The van der Waals surface area contributed by atoms with Crippen molar-refractivity contribution >= 4 is 10.8 Å². The molecule has 0 aliphatic carbocycles. The normalized spacial score (nSPS) is 12.5. The molecule has 0 radical (unpaired) electrons. The first kappa shape index (κ1) is 14.8. The van der Waals surface area contributed by atoms with E-state index in [1.807, 2.05) is 18.2 Å². The lowest BCUT2D eigenvalue weighted by Crippen LogP contribution is -2.12. The summed E-state index contributed by atoms with van der Waals surface area (Å²) in [6.45, 7) is 1.92. The highest BCUT2D eigenvalue weighted by Crippen LogP contribution is 2.32. The summed E-state index contributed by atoms with van der Waals surface area (Å²) in [5.41, 5.74) is 2.44. The highest BCUT2D eigenvalue weighted by Gasteiger charge is 2.12. The number of hydrogen-bond donors (Lipinski definition) is 1. The summed E-state index contributed by atoms with van der Waals surface area (Å²) in [5.74, 6) is 2.54. The Morgan fingerprint density at radius 3 is 2.42 bits per heavy atom. The van der Waals surface area contributed by atoms with Crippen LogP contribution in [0, 0.1) is 0 Å². The molecule has 0 saturated carbocycles. The van der Waals surface area contributed by atoms with Gasteiger partial charge in [-0.25, -0.2) is 0 Å². The summed E-state index contributed by atoms with van der Waals surface area (Å²) in [5, 5.41) is 5.88. The zero-order valence-corrected chi connectivity index (χ0v) is 13.5. The third kappa shape index (κ3) is 3.01. The standard InChI is InChI=1S/C20H19NO3/c1-22-18-6-5-16-8-14(2-4-17(16)10-18)11-21-12-15-3-7-19-20(9-15)24-13-23-19/h2-10,21H,11-13H2,1H3. The van der Waals surface area contributed by atoms with Gasteiger partial charge >= 0.3 is 0 Å². The molecule has 4 rings (SSSR count). The minimum Gasteiger partial charge on any atom is -0.497 e. The van der Waals surface area contributed by atoms with E-state index >= 15 is 0 Å². The van der Waals surface area contributed by atoms with Gasteiger partial charge in [0.1, 0.15) is 5.75 Å². The first-order valence-corrected chi connectivity index (χ1v) is 7.98. The van der Waals surface area contributed by atoms with Crippen LogP contribution in [-0.2, 0) is 13.1 Å². The lowest BCUT2D eigenvalue weighted by atomic mass is 10.1. The summed E-state index contributed by atoms with van der Waals surface area (Å²) in [7, 11) is 1.69. The maximum absolute atomic E-state index is 5.41. The Balaban J connectivity index is 1.41. The van der Waals surface area contributed by atoms with Gasteiger partial charge in [0.25, 0.3) is 0 Å². The van der Waals surface area contributed by atoms with Gasteiger partial charge in [-0.2, -0.15) is 0 Å². The molecule has 0 saturated heterocycles. The third-order valence-electron chi connectivity index (χ3n) is 4.21. The Kier molecular flexibility index (Phi) is 3.97. The van der Waals surface area contributed by atoms with E-state index in [0.29, 0.717) is 6.79 Å². The van der Waals surface area contributed by atoms with Crippen LogP contribution in [0.1, 0.15) is 11.1 Å². The van der Waals surface area contributed by atoms with Crippen molar-refractivity contribution < 1.29 is 14.2 Å². The van der Waals surface area contributed by atoms with Crippen molar-refractivity contribution in [2.45, 2.75) is 13.1 Å². The lowest BCUT2D eigenvalue weighted by Gasteiger charge is -2.08. The van der Waals surface area contributed by atoms with Crippen molar-refractivity contribution in [3.63, 3.8) is 0 Å². The van der Waals surface area contributed by atoms with Gasteiger partial charge in [-0.1, -0.05) is 24.3 Å². The molecule has 0 atom stereocenters. The first-order valence-electron chi connectivity index (χ1n) is 7.98. The highest BCUT2D eigenvalue weighted by molar-refractivity contribution is 5.84. The molecule has 1 N–H and O–H groups in total. The van der Waals surface area contributed by atoms with Crippen molar-refractivity contribution in [3.05, 3.63) is 65.7 Å². The van der Waals surface area contributed by atoms with Gasteiger partial charge in [0, 0.05) is 13.1 Å². The van der Waals surface area contributed by atoms with E-state index in [0.717, 1.165) is 30.3 Å². The van der Waals surface area contributed by atoms with Gasteiger partial charge in [0.05, 0.1) is 7.11 Å². The largest absolute Gasteiger partial charge is 0.497 e. The zero-order valence-electron chi connectivity index (χ0n) is 13.5. The fourth-order valence-corrected chi connectivity index (χ4v) is 2.91. The second-order valence-corrected chi connectivity index (χ2v) is 5.84. The van der Waals surface area contributed by atoms with Crippen molar-refractivity contribution in [1.29, 1.82) is 0 Å². The molecule has 0 unspecified atom stereocenters.